The van der Waals surface area contributed by atoms with Crippen LogP contribution in [-0.2, 0) is 16.1 Å². The molecule has 9 nitrogen and oxygen atoms in total. The summed E-state index contributed by atoms with van der Waals surface area (Å²) in [6.07, 6.45) is 10.0. The van der Waals surface area contributed by atoms with Crippen molar-refractivity contribution in [2.24, 2.45) is 11.3 Å². The monoisotopic (exact) mass is 610 g/mol. The summed E-state index contributed by atoms with van der Waals surface area (Å²) in [5.74, 6) is 0.967. The average molecular weight is 611 g/mol. The van der Waals surface area contributed by atoms with Gasteiger partial charge in [0.2, 0.25) is 5.91 Å². The number of aromatic nitrogens is 2. The maximum atomic E-state index is 14.0. The van der Waals surface area contributed by atoms with Crippen LogP contribution in [0.15, 0.2) is 60.9 Å². The first-order valence-corrected chi connectivity index (χ1v) is 16.7. The highest BCUT2D eigenvalue weighted by molar-refractivity contribution is 5.86. The fraction of sp³-hybridized carbons (Fsp3) is 0.528. The van der Waals surface area contributed by atoms with E-state index in [2.05, 4.69) is 55.6 Å². The predicted molar refractivity (Wildman–Crippen MR) is 175 cm³/mol. The van der Waals surface area contributed by atoms with Crippen molar-refractivity contribution in [3.63, 3.8) is 0 Å². The van der Waals surface area contributed by atoms with Crippen molar-refractivity contribution in [1.29, 1.82) is 0 Å². The summed E-state index contributed by atoms with van der Waals surface area (Å²) in [6.45, 7) is 9.74. The van der Waals surface area contributed by atoms with Crippen LogP contribution in [0.4, 0.5) is 5.69 Å². The Labute approximate surface area is 266 Å². The molecule has 4 aliphatic rings. The van der Waals surface area contributed by atoms with E-state index in [-0.39, 0.29) is 17.7 Å². The van der Waals surface area contributed by atoms with Gasteiger partial charge in [-0.05, 0) is 88.7 Å². The maximum Gasteiger partial charge on any atom is 0.266 e. The van der Waals surface area contributed by atoms with E-state index >= 15 is 0 Å². The van der Waals surface area contributed by atoms with Crippen LogP contribution in [0, 0.1) is 11.3 Å². The van der Waals surface area contributed by atoms with Crippen molar-refractivity contribution in [3.8, 4) is 16.9 Å². The van der Waals surface area contributed by atoms with E-state index < -0.39 is 5.60 Å². The summed E-state index contributed by atoms with van der Waals surface area (Å²) < 4.78 is 6.37. The van der Waals surface area contributed by atoms with Crippen molar-refractivity contribution < 1.29 is 14.3 Å². The van der Waals surface area contributed by atoms with E-state index in [1.54, 1.807) is 0 Å². The quantitative estimate of drug-likeness (QED) is 0.360. The second kappa shape index (κ2) is 12.2. The molecule has 0 unspecified atom stereocenters. The van der Waals surface area contributed by atoms with Gasteiger partial charge in [-0.3, -0.25) is 14.7 Å². The molecule has 3 saturated heterocycles. The average Bonchev–Trinajstić information content (AvgIpc) is 3.74. The molecule has 3 aromatic rings. The first-order valence-electron chi connectivity index (χ1n) is 16.7. The van der Waals surface area contributed by atoms with Gasteiger partial charge in [0.25, 0.3) is 5.91 Å². The van der Waals surface area contributed by atoms with Gasteiger partial charge in [0.05, 0.1) is 12.1 Å². The third kappa shape index (κ3) is 6.45. The highest BCUT2D eigenvalue weighted by atomic mass is 16.5. The lowest BCUT2D eigenvalue weighted by atomic mass is 9.72. The third-order valence-corrected chi connectivity index (χ3v) is 10.3. The van der Waals surface area contributed by atoms with E-state index in [1.165, 1.54) is 0 Å². The minimum atomic E-state index is -0.949. The summed E-state index contributed by atoms with van der Waals surface area (Å²) in [5, 5.41) is 10.3. The molecule has 1 saturated carbocycles. The Bertz CT molecular complexity index is 1490. The van der Waals surface area contributed by atoms with E-state index in [0.29, 0.717) is 30.3 Å². The highest BCUT2D eigenvalue weighted by Gasteiger charge is 2.49. The minimum Gasteiger partial charge on any atom is -0.478 e. The second-order valence-electron chi connectivity index (χ2n) is 14.2. The standard InChI is InChI=1S/C36H46N6O3/c1-35(2,34(44)41-24-36(25-41)14-16-37-17-15-36)45-32-7-3-6-31(19-32)40-18-4-5-28(23-40)33(43)42(30-12-13-30)22-26-8-10-27(11-9-26)29-20-38-39-21-29/h3,6-11,19-21,28,30,37H,4-5,12-18,22-25H2,1-2H3,(H,38,39)/t28-/m0/s1. The number of nitrogens with zero attached hydrogens (tertiary/aromatic N) is 4. The molecule has 45 heavy (non-hydrogen) atoms. The van der Waals surface area contributed by atoms with Crippen LogP contribution in [-0.4, -0.2) is 82.7 Å². The number of piperidine rings is 2. The lowest BCUT2D eigenvalue weighted by Crippen LogP contribution is -2.65. The van der Waals surface area contributed by atoms with Gasteiger partial charge in [-0.2, -0.15) is 5.10 Å². The molecular formula is C36H46N6O3. The number of hydrogen-bond acceptors (Lipinski definition) is 6. The molecule has 9 heteroatoms. The Morgan fingerprint density at radius 3 is 2.53 bits per heavy atom. The van der Waals surface area contributed by atoms with E-state index in [9.17, 15) is 9.59 Å². The summed E-state index contributed by atoms with van der Waals surface area (Å²) in [5.41, 5.74) is 3.71. The van der Waals surface area contributed by atoms with Gasteiger partial charge < -0.3 is 24.8 Å². The fourth-order valence-electron chi connectivity index (χ4n) is 7.47. The Morgan fingerprint density at radius 1 is 1.04 bits per heavy atom. The number of rotatable bonds is 9. The third-order valence-electron chi connectivity index (χ3n) is 10.3. The number of hydrogen-bond donors (Lipinski definition) is 2. The molecule has 0 radical (unpaired) electrons. The molecule has 4 fully saturated rings. The van der Waals surface area contributed by atoms with Crippen molar-refractivity contribution in [2.75, 3.05) is 44.2 Å². The molecule has 0 bridgehead atoms. The Hall–Kier alpha value is -3.85. The zero-order valence-corrected chi connectivity index (χ0v) is 26.6. The topological polar surface area (TPSA) is 93.8 Å². The lowest BCUT2D eigenvalue weighted by Gasteiger charge is -2.53. The zero-order valence-electron chi connectivity index (χ0n) is 26.6. The molecule has 1 aromatic heterocycles. The van der Waals surface area contributed by atoms with E-state index in [0.717, 1.165) is 93.6 Å². The number of carbonyl (C=O) groups excluding carboxylic acids is 2. The van der Waals surface area contributed by atoms with E-state index in [1.807, 2.05) is 49.3 Å². The van der Waals surface area contributed by atoms with Crippen LogP contribution >= 0.6 is 0 Å². The number of H-pyrrole nitrogens is 1. The normalized spacial score (nSPS) is 21.3. The number of carbonyl (C=O) groups is 2. The first kappa shape index (κ1) is 29.8. The Morgan fingerprint density at radius 2 is 1.82 bits per heavy atom. The van der Waals surface area contributed by atoms with Gasteiger partial charge in [-0.1, -0.05) is 30.3 Å². The fourth-order valence-corrected chi connectivity index (χ4v) is 7.47. The van der Waals surface area contributed by atoms with Crippen LogP contribution in [0.3, 0.4) is 0 Å². The molecule has 7 rings (SSSR count). The van der Waals surface area contributed by atoms with Crippen LogP contribution in [0.1, 0.15) is 57.9 Å². The summed E-state index contributed by atoms with van der Waals surface area (Å²) in [4.78, 5) is 33.8. The number of likely N-dealkylation sites (tertiary alicyclic amines) is 1. The number of benzene rings is 2. The van der Waals surface area contributed by atoms with Crippen LogP contribution in [0.5, 0.6) is 5.75 Å². The SMILES string of the molecule is CC(C)(Oc1cccc(N2CCC[C@H](C(=O)N(Cc3ccc(-c4cn[nH]c4)cc3)C3CC3)C2)c1)C(=O)N1CC2(CCNCC2)C1. The zero-order chi connectivity index (χ0) is 31.0. The summed E-state index contributed by atoms with van der Waals surface area (Å²) in [7, 11) is 0. The molecule has 1 atom stereocenters. The van der Waals surface area contributed by atoms with Crippen LogP contribution in [0.25, 0.3) is 11.1 Å². The van der Waals surface area contributed by atoms with Gasteiger partial charge >= 0.3 is 0 Å². The Kier molecular flexibility index (Phi) is 8.06. The van der Waals surface area contributed by atoms with Crippen molar-refractivity contribution in [3.05, 3.63) is 66.5 Å². The van der Waals surface area contributed by atoms with Crippen molar-refractivity contribution in [1.82, 2.24) is 25.3 Å². The predicted octanol–water partition coefficient (Wildman–Crippen LogP) is 4.85. The van der Waals surface area contributed by atoms with E-state index in [4.69, 9.17) is 4.74 Å². The van der Waals surface area contributed by atoms with Gasteiger partial charge in [-0.25, -0.2) is 0 Å². The first-order chi connectivity index (χ1) is 21.8. The number of anilines is 1. The number of aromatic amines is 1. The van der Waals surface area contributed by atoms with Crippen LogP contribution < -0.4 is 15.0 Å². The number of ether oxygens (including phenoxy) is 1. The molecule has 238 valence electrons. The molecule has 2 amide bonds. The molecule has 2 N–H and O–H groups in total. The maximum absolute atomic E-state index is 14.0. The molecule has 1 aliphatic carbocycles. The second-order valence-corrected chi connectivity index (χ2v) is 14.2. The number of amides is 2. The van der Waals surface area contributed by atoms with Gasteiger partial charge in [0, 0.05) is 67.7 Å². The minimum absolute atomic E-state index is 0.0409. The van der Waals surface area contributed by atoms with Crippen molar-refractivity contribution in [2.45, 2.75) is 70.6 Å². The molecule has 1 spiro atoms. The lowest BCUT2D eigenvalue weighted by molar-refractivity contribution is -0.159. The largest absolute Gasteiger partial charge is 0.478 e. The highest BCUT2D eigenvalue weighted by Crippen LogP contribution is 2.40. The number of nitrogens with one attached hydrogen (secondary N) is 2. The molecule has 3 aliphatic heterocycles. The van der Waals surface area contributed by atoms with Gasteiger partial charge in [0.1, 0.15) is 5.75 Å². The molecule has 2 aromatic carbocycles. The summed E-state index contributed by atoms with van der Waals surface area (Å²) in [6, 6.07) is 16.9. The van der Waals surface area contributed by atoms with Crippen molar-refractivity contribution >= 4 is 17.5 Å². The molecule has 4 heterocycles. The van der Waals surface area contributed by atoms with Crippen LogP contribution in [0.2, 0.25) is 0 Å². The molecular weight excluding hydrogens is 564 g/mol. The smallest absolute Gasteiger partial charge is 0.266 e. The van der Waals surface area contributed by atoms with Gasteiger partial charge in [-0.15, -0.1) is 0 Å². The summed E-state index contributed by atoms with van der Waals surface area (Å²) >= 11 is 0. The Balaban J connectivity index is 0.977. The van der Waals surface area contributed by atoms with Gasteiger partial charge in [0.15, 0.2) is 5.60 Å².